The second kappa shape index (κ2) is 5.35. The normalized spacial score (nSPS) is 9.95. The summed E-state index contributed by atoms with van der Waals surface area (Å²) in [5, 5.41) is 0. The van der Waals surface area contributed by atoms with Crippen LogP contribution in [0.4, 0.5) is 0 Å². The molecule has 0 saturated carbocycles. The van der Waals surface area contributed by atoms with Crippen molar-refractivity contribution >= 4 is 11.9 Å². The predicted molar refractivity (Wildman–Crippen MR) is 71.1 cm³/mol. The highest BCUT2D eigenvalue weighted by atomic mass is 16.5. The molecule has 0 aliphatic rings. The van der Waals surface area contributed by atoms with Crippen LogP contribution in [0, 0.1) is 6.92 Å². The first-order chi connectivity index (χ1) is 9.06. The van der Waals surface area contributed by atoms with Crippen LogP contribution < -0.4 is 10.5 Å². The van der Waals surface area contributed by atoms with Crippen LogP contribution in [0.25, 0.3) is 0 Å². The number of amides is 1. The lowest BCUT2D eigenvalue weighted by Crippen LogP contribution is -2.12. The van der Waals surface area contributed by atoms with Crippen LogP contribution in [-0.2, 0) is 0 Å². The second-order valence-electron chi connectivity index (χ2n) is 4.15. The highest BCUT2D eigenvalue weighted by Gasteiger charge is 2.09. The van der Waals surface area contributed by atoms with E-state index in [9.17, 15) is 9.59 Å². The van der Waals surface area contributed by atoms with Crippen molar-refractivity contribution in [1.82, 2.24) is 0 Å². The first kappa shape index (κ1) is 12.8. The molecule has 0 radical (unpaired) electrons. The Bertz CT molecular complexity index is 618. The first-order valence-corrected chi connectivity index (χ1v) is 5.75. The zero-order valence-corrected chi connectivity index (χ0v) is 10.4. The number of benzene rings is 2. The van der Waals surface area contributed by atoms with Crippen molar-refractivity contribution in [3.05, 3.63) is 65.2 Å². The Kier molecular flexibility index (Phi) is 3.61. The summed E-state index contributed by atoms with van der Waals surface area (Å²) < 4.78 is 5.18. The minimum Gasteiger partial charge on any atom is -0.423 e. The number of ether oxygens (including phenoxy) is 1. The largest absolute Gasteiger partial charge is 0.423 e. The van der Waals surface area contributed by atoms with Gasteiger partial charge in [0.25, 0.3) is 0 Å². The summed E-state index contributed by atoms with van der Waals surface area (Å²) in [7, 11) is 0. The van der Waals surface area contributed by atoms with Gasteiger partial charge in [-0.2, -0.15) is 0 Å². The number of hydrogen-bond acceptors (Lipinski definition) is 3. The van der Waals surface area contributed by atoms with Crippen LogP contribution in [0.15, 0.2) is 48.5 Å². The number of rotatable bonds is 3. The minimum absolute atomic E-state index is 0.293. The van der Waals surface area contributed by atoms with Gasteiger partial charge in [-0.15, -0.1) is 0 Å². The summed E-state index contributed by atoms with van der Waals surface area (Å²) in [5.41, 5.74) is 6.98. The lowest BCUT2D eigenvalue weighted by Gasteiger charge is -2.05. The zero-order valence-electron chi connectivity index (χ0n) is 10.4. The molecule has 4 heteroatoms. The Morgan fingerprint density at radius 3 is 2.32 bits per heavy atom. The summed E-state index contributed by atoms with van der Waals surface area (Å²) >= 11 is 0. The van der Waals surface area contributed by atoms with Crippen LogP contribution in [-0.4, -0.2) is 11.9 Å². The quantitative estimate of drug-likeness (QED) is 0.676. The Balaban J connectivity index is 2.17. The third-order valence-electron chi connectivity index (χ3n) is 2.62. The Labute approximate surface area is 110 Å². The number of nitrogens with two attached hydrogens (primary N) is 1. The van der Waals surface area contributed by atoms with Crippen LogP contribution in [0.1, 0.15) is 26.3 Å². The van der Waals surface area contributed by atoms with E-state index in [1.54, 1.807) is 30.3 Å². The number of aryl methyl sites for hydroxylation is 1. The maximum absolute atomic E-state index is 11.9. The SMILES string of the molecule is Cc1ccc(C(=O)Oc2cccc(C(N)=O)c2)cc1. The lowest BCUT2D eigenvalue weighted by atomic mass is 10.1. The molecule has 0 spiro atoms. The predicted octanol–water partition coefficient (Wildman–Crippen LogP) is 2.31. The molecule has 0 aromatic heterocycles. The fraction of sp³-hybridized carbons (Fsp3) is 0.0667. The van der Waals surface area contributed by atoms with Gasteiger partial charge in [-0.05, 0) is 37.3 Å². The Hall–Kier alpha value is -2.62. The molecule has 0 unspecified atom stereocenters. The van der Waals surface area contributed by atoms with Gasteiger partial charge in [0, 0.05) is 5.56 Å². The third kappa shape index (κ3) is 3.19. The van der Waals surface area contributed by atoms with Gasteiger partial charge in [-0.3, -0.25) is 4.79 Å². The highest BCUT2D eigenvalue weighted by Crippen LogP contribution is 2.15. The smallest absolute Gasteiger partial charge is 0.343 e. The van der Waals surface area contributed by atoms with E-state index in [1.807, 2.05) is 19.1 Å². The molecule has 2 aromatic rings. The summed E-state index contributed by atoms with van der Waals surface area (Å²) in [4.78, 5) is 22.9. The molecular weight excluding hydrogens is 242 g/mol. The molecule has 19 heavy (non-hydrogen) atoms. The van der Waals surface area contributed by atoms with Crippen molar-refractivity contribution in [1.29, 1.82) is 0 Å². The molecule has 2 aromatic carbocycles. The summed E-state index contributed by atoms with van der Waals surface area (Å²) in [6.45, 7) is 1.94. The van der Waals surface area contributed by atoms with Crippen LogP contribution in [0.3, 0.4) is 0 Å². The van der Waals surface area contributed by atoms with Crippen molar-refractivity contribution in [3.8, 4) is 5.75 Å². The third-order valence-corrected chi connectivity index (χ3v) is 2.62. The Morgan fingerprint density at radius 2 is 1.68 bits per heavy atom. The van der Waals surface area contributed by atoms with Crippen molar-refractivity contribution in [2.24, 2.45) is 5.73 Å². The summed E-state index contributed by atoms with van der Waals surface area (Å²) in [5.74, 6) is -0.739. The van der Waals surface area contributed by atoms with Crippen molar-refractivity contribution in [3.63, 3.8) is 0 Å². The van der Waals surface area contributed by atoms with Gasteiger partial charge in [0.05, 0.1) is 5.56 Å². The van der Waals surface area contributed by atoms with Crippen molar-refractivity contribution in [2.75, 3.05) is 0 Å². The lowest BCUT2D eigenvalue weighted by molar-refractivity contribution is 0.0733. The summed E-state index contributed by atoms with van der Waals surface area (Å²) in [6.07, 6.45) is 0. The molecule has 1 amide bonds. The number of hydrogen-bond donors (Lipinski definition) is 1. The number of carbonyl (C=O) groups is 2. The molecule has 4 nitrogen and oxygen atoms in total. The van der Waals surface area contributed by atoms with E-state index in [0.29, 0.717) is 16.9 Å². The van der Waals surface area contributed by atoms with Gasteiger partial charge in [-0.25, -0.2) is 4.79 Å². The maximum atomic E-state index is 11.9. The first-order valence-electron chi connectivity index (χ1n) is 5.75. The summed E-state index contributed by atoms with van der Waals surface area (Å²) in [6, 6.07) is 13.2. The molecule has 0 aliphatic carbocycles. The molecule has 0 aliphatic heterocycles. The highest BCUT2D eigenvalue weighted by molar-refractivity contribution is 5.94. The van der Waals surface area contributed by atoms with Gasteiger partial charge in [0.15, 0.2) is 0 Å². The standard InChI is InChI=1S/C15H13NO3/c1-10-5-7-11(8-6-10)15(18)19-13-4-2-3-12(9-13)14(16)17/h2-9H,1H3,(H2,16,17). The Morgan fingerprint density at radius 1 is 1.00 bits per heavy atom. The number of primary amides is 1. The fourth-order valence-corrected chi connectivity index (χ4v) is 1.57. The topological polar surface area (TPSA) is 69.4 Å². The van der Waals surface area contributed by atoms with Crippen molar-refractivity contribution in [2.45, 2.75) is 6.92 Å². The van der Waals surface area contributed by atoms with Crippen LogP contribution >= 0.6 is 0 Å². The molecule has 0 saturated heterocycles. The van der Waals surface area contributed by atoms with Gasteiger partial charge in [0.1, 0.15) is 5.75 Å². The van der Waals surface area contributed by atoms with E-state index in [-0.39, 0.29) is 0 Å². The molecule has 2 N–H and O–H groups in total. The second-order valence-corrected chi connectivity index (χ2v) is 4.15. The van der Waals surface area contributed by atoms with E-state index in [1.165, 1.54) is 6.07 Å². The minimum atomic E-state index is -0.562. The monoisotopic (exact) mass is 255 g/mol. The van der Waals surface area contributed by atoms with Gasteiger partial charge in [-0.1, -0.05) is 23.8 Å². The van der Waals surface area contributed by atoms with Gasteiger partial charge < -0.3 is 10.5 Å². The molecule has 2 rings (SSSR count). The van der Waals surface area contributed by atoms with Crippen LogP contribution in [0.5, 0.6) is 5.75 Å². The molecule has 0 bridgehead atoms. The van der Waals surface area contributed by atoms with E-state index < -0.39 is 11.9 Å². The van der Waals surface area contributed by atoms with E-state index in [0.717, 1.165) is 5.56 Å². The average molecular weight is 255 g/mol. The van der Waals surface area contributed by atoms with Gasteiger partial charge >= 0.3 is 5.97 Å². The average Bonchev–Trinajstić information content (AvgIpc) is 2.39. The molecule has 0 heterocycles. The van der Waals surface area contributed by atoms with Gasteiger partial charge in [0.2, 0.25) is 5.91 Å². The zero-order chi connectivity index (χ0) is 13.8. The molecule has 96 valence electrons. The van der Waals surface area contributed by atoms with E-state index in [4.69, 9.17) is 10.5 Å². The molecule has 0 atom stereocenters. The molecular formula is C15H13NO3. The number of esters is 1. The van der Waals surface area contributed by atoms with Crippen LogP contribution in [0.2, 0.25) is 0 Å². The fourth-order valence-electron chi connectivity index (χ4n) is 1.57. The number of carbonyl (C=O) groups excluding carboxylic acids is 2. The van der Waals surface area contributed by atoms with E-state index >= 15 is 0 Å². The van der Waals surface area contributed by atoms with Crippen molar-refractivity contribution < 1.29 is 14.3 Å². The maximum Gasteiger partial charge on any atom is 0.343 e. The molecule has 0 fully saturated rings. The van der Waals surface area contributed by atoms with E-state index in [2.05, 4.69) is 0 Å².